The van der Waals surface area contributed by atoms with Crippen LogP contribution in [0.4, 0.5) is 22.7 Å². The Morgan fingerprint density at radius 1 is 0.828 bits per heavy atom. The van der Waals surface area contributed by atoms with Gasteiger partial charge in [0.15, 0.2) is 5.69 Å². The molecule has 0 unspecified atom stereocenters. The number of hydrogen-bond acceptors (Lipinski definition) is 6. The van der Waals surface area contributed by atoms with Gasteiger partial charge in [-0.3, -0.25) is 0 Å². The van der Waals surface area contributed by atoms with Crippen molar-refractivity contribution in [2.45, 2.75) is 39.5 Å². The first kappa shape index (κ1) is 20.4. The number of nitrogens with zero attached hydrogens (tertiary/aromatic N) is 6. The Morgan fingerprint density at radius 2 is 1.34 bits per heavy atom. The largest absolute Gasteiger partial charge is 0.492 e. The zero-order chi connectivity index (χ0) is 20.6. The number of aromatic nitrogens is 2. The molecule has 0 spiro atoms. The summed E-state index contributed by atoms with van der Waals surface area (Å²) in [7, 11) is 1.70. The van der Waals surface area contributed by atoms with Crippen LogP contribution in [0.2, 0.25) is 0 Å². The van der Waals surface area contributed by atoms with E-state index in [1.807, 2.05) is 55.5 Å². The molecule has 1 N–H and O–H groups in total. The first-order valence-corrected chi connectivity index (χ1v) is 9.82. The molecule has 3 aromatic rings. The maximum atomic E-state index is 10.2. The lowest BCUT2D eigenvalue weighted by Crippen LogP contribution is -1.92. The third-order valence-corrected chi connectivity index (χ3v) is 4.51. The molecule has 0 amide bonds. The fourth-order valence-corrected chi connectivity index (χ4v) is 2.79. The van der Waals surface area contributed by atoms with Crippen LogP contribution in [-0.4, -0.2) is 14.9 Å². The second-order valence-electron chi connectivity index (χ2n) is 6.95. The average Bonchev–Trinajstić information content (AvgIpc) is 3.00. The number of aryl methyl sites for hydroxylation is 3. The quantitative estimate of drug-likeness (QED) is 0.331. The summed E-state index contributed by atoms with van der Waals surface area (Å²) >= 11 is 0. The summed E-state index contributed by atoms with van der Waals surface area (Å²) in [5, 5.41) is 31.5. The minimum atomic E-state index is 0.0313. The van der Waals surface area contributed by atoms with Gasteiger partial charge < -0.3 is 5.11 Å². The van der Waals surface area contributed by atoms with Gasteiger partial charge >= 0.3 is 0 Å². The molecule has 0 saturated carbocycles. The highest BCUT2D eigenvalue weighted by atomic mass is 16.3. The molecule has 7 nitrogen and oxygen atoms in total. The zero-order valence-corrected chi connectivity index (χ0v) is 17.1. The van der Waals surface area contributed by atoms with Gasteiger partial charge in [0.25, 0.3) is 0 Å². The molecule has 0 aliphatic carbocycles. The van der Waals surface area contributed by atoms with E-state index < -0.39 is 0 Å². The summed E-state index contributed by atoms with van der Waals surface area (Å²) in [6.07, 6.45) is 4.03. The van der Waals surface area contributed by atoms with Gasteiger partial charge in [-0.15, -0.1) is 5.11 Å². The Morgan fingerprint density at radius 3 is 1.90 bits per heavy atom. The third-order valence-electron chi connectivity index (χ3n) is 4.51. The molecule has 7 heteroatoms. The number of unbranched alkanes of at least 4 members (excludes halogenated alkanes) is 2. The molecule has 3 rings (SSSR count). The predicted molar refractivity (Wildman–Crippen MR) is 114 cm³/mol. The molecule has 1 aromatic heterocycles. The topological polar surface area (TPSA) is 87.5 Å². The van der Waals surface area contributed by atoms with Crippen LogP contribution < -0.4 is 0 Å². The number of aromatic hydroxyl groups is 1. The Balaban J connectivity index is 1.69. The smallest absolute Gasteiger partial charge is 0.238 e. The van der Waals surface area contributed by atoms with Crippen LogP contribution in [0.1, 0.15) is 37.4 Å². The van der Waals surface area contributed by atoms with Crippen LogP contribution in [-0.2, 0) is 13.5 Å². The molecule has 150 valence electrons. The molecule has 0 bridgehead atoms. The minimum absolute atomic E-state index is 0.0313. The second-order valence-corrected chi connectivity index (χ2v) is 6.95. The Kier molecular flexibility index (Phi) is 6.84. The van der Waals surface area contributed by atoms with Crippen LogP contribution in [0.3, 0.4) is 0 Å². The van der Waals surface area contributed by atoms with E-state index in [2.05, 4.69) is 32.5 Å². The van der Waals surface area contributed by atoms with Crippen LogP contribution >= 0.6 is 0 Å². The monoisotopic (exact) mass is 390 g/mol. The predicted octanol–water partition coefficient (Wildman–Crippen LogP) is 7.00. The van der Waals surface area contributed by atoms with Gasteiger partial charge in [0, 0.05) is 7.05 Å². The van der Waals surface area contributed by atoms with E-state index in [1.165, 1.54) is 10.2 Å². The highest BCUT2D eigenvalue weighted by Gasteiger charge is 2.14. The molecule has 0 fully saturated rings. The second kappa shape index (κ2) is 9.73. The van der Waals surface area contributed by atoms with E-state index in [1.54, 1.807) is 7.05 Å². The van der Waals surface area contributed by atoms with Crippen LogP contribution in [0.25, 0.3) is 0 Å². The van der Waals surface area contributed by atoms with Crippen molar-refractivity contribution in [3.05, 3.63) is 59.8 Å². The maximum absolute atomic E-state index is 10.2. The summed E-state index contributed by atoms with van der Waals surface area (Å²) in [4.78, 5) is 0. The molecular weight excluding hydrogens is 364 g/mol. The lowest BCUT2D eigenvalue weighted by atomic mass is 10.1. The third kappa shape index (κ3) is 5.57. The summed E-state index contributed by atoms with van der Waals surface area (Å²) in [6.45, 7) is 4.19. The van der Waals surface area contributed by atoms with Gasteiger partial charge in [-0.05, 0) is 56.2 Å². The van der Waals surface area contributed by atoms with Crippen molar-refractivity contribution in [2.24, 2.45) is 27.5 Å². The van der Waals surface area contributed by atoms with Crippen LogP contribution in [0.5, 0.6) is 5.88 Å². The maximum Gasteiger partial charge on any atom is 0.238 e. The first-order chi connectivity index (χ1) is 14.1. The van der Waals surface area contributed by atoms with Gasteiger partial charge in [-0.2, -0.15) is 20.4 Å². The number of hydrogen-bond donors (Lipinski definition) is 1. The highest BCUT2D eigenvalue weighted by Crippen LogP contribution is 2.33. The van der Waals surface area contributed by atoms with Gasteiger partial charge in [0.05, 0.1) is 22.8 Å². The highest BCUT2D eigenvalue weighted by molar-refractivity contribution is 5.52. The number of benzene rings is 2. The van der Waals surface area contributed by atoms with Crippen molar-refractivity contribution in [2.75, 3.05) is 0 Å². The van der Waals surface area contributed by atoms with E-state index in [-0.39, 0.29) is 5.88 Å². The Bertz CT molecular complexity index is 987. The lowest BCUT2D eigenvalue weighted by Gasteiger charge is -1.98. The Labute approximate surface area is 170 Å². The van der Waals surface area contributed by atoms with Crippen molar-refractivity contribution in [1.29, 1.82) is 0 Å². The zero-order valence-electron chi connectivity index (χ0n) is 17.1. The molecule has 0 atom stereocenters. The molecule has 29 heavy (non-hydrogen) atoms. The SMILES string of the molecule is CCCCCc1nn(C)c(O)c1N=Nc1ccc(N=Nc2ccc(C)cc2)cc1. The lowest BCUT2D eigenvalue weighted by molar-refractivity contribution is 0.420. The molecule has 0 saturated heterocycles. The standard InChI is InChI=1S/C22H26N6O/c1-4-5-6-7-20-21(22(29)28(3)27-20)26-25-19-14-12-18(13-15-19)24-23-17-10-8-16(2)9-11-17/h8-15,29H,4-7H2,1-3H3. The summed E-state index contributed by atoms with van der Waals surface area (Å²) in [5.74, 6) is 0.0313. The van der Waals surface area contributed by atoms with Gasteiger partial charge in [-0.25, -0.2) is 4.68 Å². The molecule has 1 heterocycles. The minimum Gasteiger partial charge on any atom is -0.492 e. The summed E-state index contributed by atoms with van der Waals surface area (Å²) in [6, 6.07) is 15.2. The fourth-order valence-electron chi connectivity index (χ4n) is 2.79. The van der Waals surface area contributed by atoms with Gasteiger partial charge in [-0.1, -0.05) is 37.5 Å². The van der Waals surface area contributed by atoms with Gasteiger partial charge in [0.1, 0.15) is 0 Å². The first-order valence-electron chi connectivity index (χ1n) is 9.82. The Hall–Kier alpha value is -3.35. The van der Waals surface area contributed by atoms with Crippen LogP contribution in [0, 0.1) is 6.92 Å². The van der Waals surface area contributed by atoms with Crippen molar-refractivity contribution in [3.63, 3.8) is 0 Å². The molecular formula is C22H26N6O. The molecule has 0 radical (unpaired) electrons. The normalized spacial score (nSPS) is 11.7. The van der Waals surface area contributed by atoms with Crippen molar-refractivity contribution in [3.8, 4) is 5.88 Å². The van der Waals surface area contributed by atoms with Crippen molar-refractivity contribution >= 4 is 22.7 Å². The van der Waals surface area contributed by atoms with E-state index in [0.717, 1.165) is 42.8 Å². The number of azo groups is 2. The molecule has 0 aliphatic rings. The summed E-state index contributed by atoms with van der Waals surface area (Å²) in [5.41, 5.74) is 4.60. The molecule has 0 aliphatic heterocycles. The van der Waals surface area contributed by atoms with Gasteiger partial charge in [0.2, 0.25) is 5.88 Å². The fraction of sp³-hybridized carbons (Fsp3) is 0.318. The molecule has 2 aromatic carbocycles. The van der Waals surface area contributed by atoms with E-state index in [9.17, 15) is 5.11 Å². The van der Waals surface area contributed by atoms with E-state index >= 15 is 0 Å². The van der Waals surface area contributed by atoms with Crippen molar-refractivity contribution < 1.29 is 5.11 Å². The van der Waals surface area contributed by atoms with Crippen molar-refractivity contribution in [1.82, 2.24) is 9.78 Å². The van der Waals surface area contributed by atoms with Crippen LogP contribution in [0.15, 0.2) is 69.0 Å². The summed E-state index contributed by atoms with van der Waals surface area (Å²) < 4.78 is 1.43. The number of rotatable bonds is 8. The van der Waals surface area contributed by atoms with E-state index in [0.29, 0.717) is 11.4 Å². The van der Waals surface area contributed by atoms with E-state index in [4.69, 9.17) is 0 Å². The average molecular weight is 390 g/mol.